The van der Waals surface area contributed by atoms with Crippen LogP contribution in [0.3, 0.4) is 0 Å². The number of nitrogens with zero attached hydrogens (tertiary/aromatic N) is 1. The molecule has 3 rings (SSSR count). The Bertz CT molecular complexity index is 1340. The third-order valence-corrected chi connectivity index (χ3v) is 6.80. The second kappa shape index (κ2) is 13.7. The molecule has 0 saturated heterocycles. The number of nitrogens with one attached hydrogen (secondary N) is 2. The molecule has 0 spiro atoms. The van der Waals surface area contributed by atoms with Crippen LogP contribution in [0.15, 0.2) is 66.7 Å². The fourth-order valence-electron chi connectivity index (χ4n) is 4.79. The van der Waals surface area contributed by atoms with Crippen molar-refractivity contribution in [1.29, 1.82) is 0 Å². The van der Waals surface area contributed by atoms with E-state index >= 15 is 0 Å². The second-order valence-corrected chi connectivity index (χ2v) is 11.7. The first-order chi connectivity index (χ1) is 19.3. The van der Waals surface area contributed by atoms with Crippen LogP contribution in [0.1, 0.15) is 61.6 Å². The molecule has 0 aliphatic rings. The lowest BCUT2D eigenvalue weighted by atomic mass is 9.97. The Balaban J connectivity index is 2.06. The van der Waals surface area contributed by atoms with Gasteiger partial charge in [-0.2, -0.15) is 0 Å². The highest BCUT2D eigenvalue weighted by Crippen LogP contribution is 2.30. The van der Waals surface area contributed by atoms with Gasteiger partial charge in [0.25, 0.3) is 5.91 Å². The summed E-state index contributed by atoms with van der Waals surface area (Å²) in [6.45, 7) is 13.1. The van der Waals surface area contributed by atoms with Gasteiger partial charge in [0.05, 0.1) is 10.7 Å². The van der Waals surface area contributed by atoms with Crippen molar-refractivity contribution in [2.24, 2.45) is 0 Å². The number of benzene rings is 3. The third-order valence-electron chi connectivity index (χ3n) is 6.49. The minimum absolute atomic E-state index is 0.215. The highest BCUT2D eigenvalue weighted by molar-refractivity contribution is 6.34. The van der Waals surface area contributed by atoms with Gasteiger partial charge >= 0.3 is 6.09 Å². The van der Waals surface area contributed by atoms with E-state index in [0.717, 1.165) is 22.3 Å². The summed E-state index contributed by atoms with van der Waals surface area (Å²) in [5.74, 6) is -0.811. The molecule has 3 amide bonds. The van der Waals surface area contributed by atoms with Crippen LogP contribution in [-0.4, -0.2) is 41.0 Å². The summed E-state index contributed by atoms with van der Waals surface area (Å²) < 4.78 is 5.48. The standard InChI is InChI=1S/C33H40ClN3O4/c1-8-37(31(39)27(20-24-14-10-9-11-15-24)35-32(40)41-33(5,6)7)29(25-18-21(2)17-22(3)19-25)30(38)36-28-23(4)13-12-16-26(28)34/h9-19,27,29H,8,20H2,1-7H3,(H,35,40)(H,36,38). The molecule has 0 aromatic heterocycles. The lowest BCUT2D eigenvalue weighted by Gasteiger charge is -2.34. The number of ether oxygens (including phenoxy) is 1. The van der Waals surface area contributed by atoms with Crippen molar-refractivity contribution < 1.29 is 19.1 Å². The quantitative estimate of drug-likeness (QED) is 0.289. The predicted octanol–water partition coefficient (Wildman–Crippen LogP) is 6.93. The van der Waals surface area contributed by atoms with E-state index in [4.69, 9.17) is 16.3 Å². The summed E-state index contributed by atoms with van der Waals surface area (Å²) in [6, 6.07) is 18.6. The molecule has 3 aromatic carbocycles. The van der Waals surface area contributed by atoms with Crippen molar-refractivity contribution in [1.82, 2.24) is 10.2 Å². The monoisotopic (exact) mass is 577 g/mol. The number of likely N-dealkylation sites (N-methyl/N-ethyl adjacent to an activating group) is 1. The van der Waals surface area contributed by atoms with Crippen LogP contribution in [0.25, 0.3) is 0 Å². The van der Waals surface area contributed by atoms with E-state index in [1.807, 2.05) is 88.4 Å². The molecule has 41 heavy (non-hydrogen) atoms. The van der Waals surface area contributed by atoms with E-state index in [1.165, 1.54) is 4.90 Å². The first kappa shape index (κ1) is 31.7. The molecule has 7 nitrogen and oxygen atoms in total. The number of amides is 3. The molecule has 0 aliphatic heterocycles. The molecule has 0 radical (unpaired) electrons. The lowest BCUT2D eigenvalue weighted by molar-refractivity contribution is -0.140. The highest BCUT2D eigenvalue weighted by atomic mass is 35.5. The zero-order valence-electron chi connectivity index (χ0n) is 24.9. The Kier molecular flexibility index (Phi) is 10.6. The van der Waals surface area contributed by atoms with Gasteiger partial charge in [-0.05, 0) is 71.2 Å². The van der Waals surface area contributed by atoms with E-state index in [-0.39, 0.29) is 13.0 Å². The molecular formula is C33H40ClN3O4. The van der Waals surface area contributed by atoms with Gasteiger partial charge in [0, 0.05) is 13.0 Å². The predicted molar refractivity (Wildman–Crippen MR) is 164 cm³/mol. The normalized spacial score (nSPS) is 12.7. The van der Waals surface area contributed by atoms with Crippen molar-refractivity contribution >= 4 is 35.2 Å². The van der Waals surface area contributed by atoms with Gasteiger partial charge in [0.1, 0.15) is 17.7 Å². The van der Waals surface area contributed by atoms with Gasteiger partial charge in [0.15, 0.2) is 0 Å². The van der Waals surface area contributed by atoms with Crippen LogP contribution >= 0.6 is 11.6 Å². The summed E-state index contributed by atoms with van der Waals surface area (Å²) in [5, 5.41) is 6.14. The van der Waals surface area contributed by atoms with E-state index < -0.39 is 35.6 Å². The Morgan fingerprint density at radius 1 is 0.927 bits per heavy atom. The van der Waals surface area contributed by atoms with Crippen LogP contribution in [0.4, 0.5) is 10.5 Å². The summed E-state index contributed by atoms with van der Waals surface area (Å²) in [6.07, 6.45) is -0.484. The van der Waals surface area contributed by atoms with Crippen LogP contribution in [0.2, 0.25) is 5.02 Å². The Labute approximate surface area is 248 Å². The van der Waals surface area contributed by atoms with Crippen LogP contribution in [0.5, 0.6) is 0 Å². The van der Waals surface area contributed by atoms with E-state index in [1.54, 1.807) is 26.8 Å². The largest absolute Gasteiger partial charge is 0.444 e. The fraction of sp³-hybridized carbons (Fsp3) is 0.364. The summed E-state index contributed by atoms with van der Waals surface area (Å²) in [4.78, 5) is 42.7. The topological polar surface area (TPSA) is 87.7 Å². The van der Waals surface area contributed by atoms with Gasteiger partial charge < -0.3 is 20.3 Å². The molecule has 0 aliphatic carbocycles. The minimum Gasteiger partial charge on any atom is -0.444 e. The van der Waals surface area contributed by atoms with E-state index in [9.17, 15) is 14.4 Å². The number of rotatable bonds is 9. The zero-order chi connectivity index (χ0) is 30.3. The van der Waals surface area contributed by atoms with Gasteiger partial charge in [-0.1, -0.05) is 83.4 Å². The number of alkyl carbamates (subject to hydrolysis) is 1. The number of carbonyl (C=O) groups excluding carboxylic acids is 3. The fourth-order valence-corrected chi connectivity index (χ4v) is 5.06. The Morgan fingerprint density at radius 3 is 2.12 bits per heavy atom. The first-order valence-electron chi connectivity index (χ1n) is 13.8. The molecule has 0 saturated carbocycles. The summed E-state index contributed by atoms with van der Waals surface area (Å²) in [5.41, 5.74) is 3.99. The molecule has 0 heterocycles. The van der Waals surface area contributed by atoms with Crippen LogP contribution < -0.4 is 10.6 Å². The van der Waals surface area contributed by atoms with Crippen molar-refractivity contribution in [3.63, 3.8) is 0 Å². The van der Waals surface area contributed by atoms with Crippen LogP contribution in [0, 0.1) is 20.8 Å². The Hall–Kier alpha value is -3.84. The number of hydrogen-bond acceptors (Lipinski definition) is 4. The molecule has 2 unspecified atom stereocenters. The smallest absolute Gasteiger partial charge is 0.408 e. The SMILES string of the molecule is CCN(C(=O)C(Cc1ccccc1)NC(=O)OC(C)(C)C)C(C(=O)Nc1c(C)cccc1Cl)c1cc(C)cc(C)c1. The lowest BCUT2D eigenvalue weighted by Crippen LogP contribution is -2.53. The van der Waals surface area contributed by atoms with Crippen molar-refractivity contribution in [2.45, 2.75) is 72.6 Å². The zero-order valence-corrected chi connectivity index (χ0v) is 25.6. The van der Waals surface area contributed by atoms with Crippen LogP contribution in [-0.2, 0) is 20.7 Å². The number of anilines is 1. The van der Waals surface area contributed by atoms with E-state index in [2.05, 4.69) is 10.6 Å². The number of hydrogen-bond donors (Lipinski definition) is 2. The first-order valence-corrected chi connectivity index (χ1v) is 14.1. The van der Waals surface area contributed by atoms with Gasteiger partial charge in [0.2, 0.25) is 5.91 Å². The Morgan fingerprint density at radius 2 is 1.56 bits per heavy atom. The van der Waals surface area contributed by atoms with Crippen molar-refractivity contribution in [2.75, 3.05) is 11.9 Å². The number of para-hydroxylation sites is 1. The van der Waals surface area contributed by atoms with E-state index in [0.29, 0.717) is 16.3 Å². The average molecular weight is 578 g/mol. The molecule has 218 valence electrons. The molecule has 2 atom stereocenters. The molecular weight excluding hydrogens is 538 g/mol. The number of halogens is 1. The van der Waals surface area contributed by atoms with Crippen molar-refractivity contribution in [3.05, 3.63) is 99.6 Å². The summed E-state index contributed by atoms with van der Waals surface area (Å²) in [7, 11) is 0. The molecule has 0 bridgehead atoms. The van der Waals surface area contributed by atoms with Gasteiger partial charge in [-0.15, -0.1) is 0 Å². The molecule has 8 heteroatoms. The molecule has 2 N–H and O–H groups in total. The van der Waals surface area contributed by atoms with Crippen molar-refractivity contribution in [3.8, 4) is 0 Å². The van der Waals surface area contributed by atoms with Gasteiger partial charge in [-0.3, -0.25) is 9.59 Å². The highest BCUT2D eigenvalue weighted by Gasteiger charge is 2.36. The molecule has 0 fully saturated rings. The third kappa shape index (κ3) is 8.82. The minimum atomic E-state index is -0.986. The number of carbonyl (C=O) groups is 3. The second-order valence-electron chi connectivity index (χ2n) is 11.3. The molecule has 3 aromatic rings. The maximum atomic E-state index is 14.3. The summed E-state index contributed by atoms with van der Waals surface area (Å²) >= 11 is 6.44. The maximum absolute atomic E-state index is 14.3. The average Bonchev–Trinajstić information content (AvgIpc) is 2.87. The maximum Gasteiger partial charge on any atom is 0.408 e. The van der Waals surface area contributed by atoms with Gasteiger partial charge in [-0.25, -0.2) is 4.79 Å². The number of aryl methyl sites for hydroxylation is 3.